The quantitative estimate of drug-likeness (QED) is 0.776. The standard InChI is InChI=1S/C17H27N5O3/c1-19(2)16(24)21-7-5-17(6-8-21)12-22(14(23)11-25-4)10-13-9-20(3)18-15(13)17/h9H,5-8,10-12H2,1-4H3. The topological polar surface area (TPSA) is 70.9 Å². The number of ether oxygens (including phenoxy) is 1. The van der Waals surface area contributed by atoms with E-state index < -0.39 is 0 Å². The van der Waals surface area contributed by atoms with E-state index in [-0.39, 0.29) is 24.0 Å². The molecule has 138 valence electrons. The van der Waals surface area contributed by atoms with E-state index >= 15 is 0 Å². The molecule has 0 saturated carbocycles. The number of piperidine rings is 1. The van der Waals surface area contributed by atoms with E-state index in [0.29, 0.717) is 26.2 Å². The molecule has 1 fully saturated rings. The van der Waals surface area contributed by atoms with E-state index in [1.807, 2.05) is 27.7 Å². The fraction of sp³-hybridized carbons (Fsp3) is 0.706. The van der Waals surface area contributed by atoms with E-state index in [9.17, 15) is 9.59 Å². The Bertz CT molecular complexity index is 661. The molecule has 0 aromatic carbocycles. The number of carbonyl (C=O) groups excluding carboxylic acids is 2. The highest BCUT2D eigenvalue weighted by molar-refractivity contribution is 5.78. The molecule has 1 aromatic heterocycles. The Labute approximate surface area is 148 Å². The Balaban J connectivity index is 1.84. The molecule has 3 rings (SSSR count). The number of likely N-dealkylation sites (tertiary alicyclic amines) is 1. The summed E-state index contributed by atoms with van der Waals surface area (Å²) in [6.07, 6.45) is 3.63. The number of aryl methyl sites for hydroxylation is 1. The third-order valence-electron chi connectivity index (χ3n) is 5.26. The number of fused-ring (bicyclic) bond motifs is 2. The summed E-state index contributed by atoms with van der Waals surface area (Å²) >= 11 is 0. The van der Waals surface area contributed by atoms with E-state index in [0.717, 1.165) is 24.1 Å². The first-order valence-corrected chi connectivity index (χ1v) is 8.62. The summed E-state index contributed by atoms with van der Waals surface area (Å²) in [6.45, 7) is 2.67. The van der Waals surface area contributed by atoms with Crippen molar-refractivity contribution in [2.24, 2.45) is 7.05 Å². The number of rotatable bonds is 2. The maximum Gasteiger partial charge on any atom is 0.319 e. The molecule has 1 spiro atoms. The Kier molecular flexibility index (Phi) is 4.73. The van der Waals surface area contributed by atoms with Gasteiger partial charge in [0.2, 0.25) is 5.91 Å². The molecule has 3 amide bonds. The Morgan fingerprint density at radius 2 is 1.96 bits per heavy atom. The third-order valence-corrected chi connectivity index (χ3v) is 5.26. The summed E-state index contributed by atoms with van der Waals surface area (Å²) in [5.41, 5.74) is 2.01. The maximum atomic E-state index is 12.4. The molecule has 8 heteroatoms. The van der Waals surface area contributed by atoms with E-state index in [4.69, 9.17) is 9.84 Å². The number of amides is 3. The maximum absolute atomic E-state index is 12.4. The molecule has 2 aliphatic heterocycles. The van der Waals surface area contributed by atoms with Crippen molar-refractivity contribution in [2.75, 3.05) is 47.4 Å². The van der Waals surface area contributed by atoms with Crippen LogP contribution in [0.2, 0.25) is 0 Å². The summed E-state index contributed by atoms with van der Waals surface area (Å²) in [6, 6.07) is 0.0409. The van der Waals surface area contributed by atoms with Gasteiger partial charge >= 0.3 is 6.03 Å². The molecule has 0 atom stereocenters. The van der Waals surface area contributed by atoms with Crippen LogP contribution in [0.15, 0.2) is 6.20 Å². The van der Waals surface area contributed by atoms with Crippen LogP contribution < -0.4 is 0 Å². The lowest BCUT2D eigenvalue weighted by atomic mass is 9.72. The molecule has 3 heterocycles. The molecule has 25 heavy (non-hydrogen) atoms. The second kappa shape index (κ2) is 6.67. The molecule has 1 saturated heterocycles. The second-order valence-electron chi connectivity index (χ2n) is 7.30. The number of aromatic nitrogens is 2. The first kappa shape index (κ1) is 17.7. The van der Waals surface area contributed by atoms with Crippen molar-refractivity contribution >= 4 is 11.9 Å². The number of carbonyl (C=O) groups is 2. The van der Waals surface area contributed by atoms with Gasteiger partial charge in [0.1, 0.15) is 6.61 Å². The van der Waals surface area contributed by atoms with Gasteiger partial charge in [0.05, 0.1) is 5.69 Å². The number of hydrogen-bond acceptors (Lipinski definition) is 4. The van der Waals surface area contributed by atoms with Gasteiger partial charge in [0.25, 0.3) is 0 Å². The van der Waals surface area contributed by atoms with Crippen LogP contribution in [0.1, 0.15) is 24.1 Å². The van der Waals surface area contributed by atoms with Crippen molar-refractivity contribution < 1.29 is 14.3 Å². The number of methoxy groups -OCH3 is 1. The normalized spacial score (nSPS) is 19.0. The van der Waals surface area contributed by atoms with Crippen LogP contribution in [0, 0.1) is 0 Å². The first-order valence-electron chi connectivity index (χ1n) is 8.62. The lowest BCUT2D eigenvalue weighted by molar-refractivity contribution is -0.137. The van der Waals surface area contributed by atoms with Crippen molar-refractivity contribution in [3.63, 3.8) is 0 Å². The smallest absolute Gasteiger partial charge is 0.319 e. The Hall–Kier alpha value is -2.09. The molecule has 0 unspecified atom stereocenters. The zero-order valence-electron chi connectivity index (χ0n) is 15.5. The molecule has 8 nitrogen and oxygen atoms in total. The molecule has 2 aliphatic rings. The van der Waals surface area contributed by atoms with Crippen LogP contribution in [0.4, 0.5) is 4.79 Å². The molecule has 0 radical (unpaired) electrons. The molecule has 1 aromatic rings. The predicted octanol–water partition coefficient (Wildman–Crippen LogP) is 0.424. The fourth-order valence-electron chi connectivity index (χ4n) is 4.00. The zero-order chi connectivity index (χ0) is 18.2. The molecule has 0 N–H and O–H groups in total. The Morgan fingerprint density at radius 3 is 2.56 bits per heavy atom. The lowest BCUT2D eigenvalue weighted by Crippen LogP contribution is -2.55. The summed E-state index contributed by atoms with van der Waals surface area (Å²) in [4.78, 5) is 30.0. The van der Waals surface area contributed by atoms with Crippen molar-refractivity contribution in [3.8, 4) is 0 Å². The fourth-order valence-corrected chi connectivity index (χ4v) is 4.00. The van der Waals surface area contributed by atoms with Gasteiger partial charge in [-0.2, -0.15) is 5.10 Å². The van der Waals surface area contributed by atoms with Gasteiger partial charge in [-0.3, -0.25) is 9.48 Å². The Morgan fingerprint density at radius 1 is 1.28 bits per heavy atom. The third kappa shape index (κ3) is 3.22. The first-order chi connectivity index (χ1) is 11.9. The second-order valence-corrected chi connectivity index (χ2v) is 7.30. The van der Waals surface area contributed by atoms with Crippen LogP contribution >= 0.6 is 0 Å². The van der Waals surface area contributed by atoms with E-state index in [2.05, 4.69) is 0 Å². The minimum Gasteiger partial charge on any atom is -0.375 e. The van der Waals surface area contributed by atoms with Crippen LogP contribution in [0.25, 0.3) is 0 Å². The number of urea groups is 1. The van der Waals surface area contributed by atoms with Crippen LogP contribution in [-0.2, 0) is 28.5 Å². The van der Waals surface area contributed by atoms with Gasteiger partial charge < -0.3 is 19.4 Å². The van der Waals surface area contributed by atoms with Crippen molar-refractivity contribution in [3.05, 3.63) is 17.5 Å². The van der Waals surface area contributed by atoms with Gasteiger partial charge in [0, 0.05) is 71.6 Å². The van der Waals surface area contributed by atoms with Gasteiger partial charge in [-0.1, -0.05) is 0 Å². The van der Waals surface area contributed by atoms with Crippen LogP contribution in [0.3, 0.4) is 0 Å². The van der Waals surface area contributed by atoms with Gasteiger partial charge in [-0.05, 0) is 12.8 Å². The average Bonchev–Trinajstić information content (AvgIpc) is 2.96. The molecule has 0 aliphatic carbocycles. The van der Waals surface area contributed by atoms with Crippen molar-refractivity contribution in [1.29, 1.82) is 0 Å². The average molecular weight is 349 g/mol. The van der Waals surface area contributed by atoms with E-state index in [1.54, 1.807) is 26.1 Å². The highest BCUT2D eigenvalue weighted by Crippen LogP contribution is 2.41. The predicted molar refractivity (Wildman–Crippen MR) is 92.1 cm³/mol. The molecule has 0 bridgehead atoms. The van der Waals surface area contributed by atoms with E-state index in [1.165, 1.54) is 0 Å². The van der Waals surface area contributed by atoms with Gasteiger partial charge in [0.15, 0.2) is 0 Å². The minimum absolute atomic E-state index is 0.00294. The van der Waals surface area contributed by atoms with Gasteiger partial charge in [-0.15, -0.1) is 0 Å². The van der Waals surface area contributed by atoms with Crippen molar-refractivity contribution in [1.82, 2.24) is 24.5 Å². The monoisotopic (exact) mass is 349 g/mol. The lowest BCUT2D eigenvalue weighted by Gasteiger charge is -2.46. The highest BCUT2D eigenvalue weighted by atomic mass is 16.5. The largest absolute Gasteiger partial charge is 0.375 e. The summed E-state index contributed by atoms with van der Waals surface area (Å²) in [5.74, 6) is 0.00294. The van der Waals surface area contributed by atoms with Crippen LogP contribution in [-0.4, -0.2) is 83.9 Å². The number of nitrogens with zero attached hydrogens (tertiary/aromatic N) is 5. The summed E-state index contributed by atoms with van der Waals surface area (Å²) in [5, 5.41) is 4.71. The van der Waals surface area contributed by atoms with Gasteiger partial charge in [-0.25, -0.2) is 4.79 Å². The SMILES string of the molecule is COCC(=O)N1Cc2cn(C)nc2C2(CCN(C(=O)N(C)C)CC2)C1. The minimum atomic E-state index is -0.179. The molecular formula is C17H27N5O3. The summed E-state index contributed by atoms with van der Waals surface area (Å²) < 4.78 is 6.86. The van der Waals surface area contributed by atoms with Crippen molar-refractivity contribution in [2.45, 2.75) is 24.8 Å². The number of hydrogen-bond donors (Lipinski definition) is 0. The zero-order valence-corrected chi connectivity index (χ0v) is 15.5. The summed E-state index contributed by atoms with van der Waals surface area (Å²) in [7, 11) is 7.00. The highest BCUT2D eigenvalue weighted by Gasteiger charge is 2.46. The van der Waals surface area contributed by atoms with Crippen LogP contribution in [0.5, 0.6) is 0 Å². The molecular weight excluding hydrogens is 322 g/mol.